The van der Waals surface area contributed by atoms with E-state index in [0.717, 1.165) is 35.5 Å². The number of benzene rings is 3. The Hall–Kier alpha value is -3.40. The number of hydrogen-bond acceptors (Lipinski definition) is 3. The van der Waals surface area contributed by atoms with Gasteiger partial charge < -0.3 is 14.7 Å². The topological polar surface area (TPSA) is 46.4 Å². The molecule has 0 fully saturated rings. The van der Waals surface area contributed by atoms with E-state index in [4.69, 9.17) is 0 Å². The van der Waals surface area contributed by atoms with Crippen LogP contribution in [0.4, 0.5) is 5.69 Å². The minimum atomic E-state index is -0.467. The molecule has 132 valence electrons. The van der Waals surface area contributed by atoms with Gasteiger partial charge in [-0.25, -0.2) is 0 Å². The van der Waals surface area contributed by atoms with Crippen LogP contribution in [0, 0.1) is 0 Å². The summed E-state index contributed by atoms with van der Waals surface area (Å²) in [6, 6.07) is 22.2. The number of para-hydroxylation sites is 2. The van der Waals surface area contributed by atoms with Crippen LogP contribution in [-0.4, -0.2) is 16.7 Å². The number of carbonyl (C=O) groups is 1. The summed E-state index contributed by atoms with van der Waals surface area (Å²) >= 11 is 0. The molecule has 1 atom stereocenters. The molecule has 0 saturated heterocycles. The van der Waals surface area contributed by atoms with Gasteiger partial charge >= 0.3 is 0 Å². The number of carbonyl (C=O) groups excluding carboxylic acids is 1. The molecule has 0 spiro atoms. The highest BCUT2D eigenvalue weighted by Crippen LogP contribution is 2.33. The summed E-state index contributed by atoms with van der Waals surface area (Å²) in [7, 11) is 0. The van der Waals surface area contributed by atoms with Crippen LogP contribution >= 0.6 is 0 Å². The highest BCUT2D eigenvalue weighted by atomic mass is 16.1. The average Bonchev–Trinajstić information content (AvgIpc) is 3.05. The van der Waals surface area contributed by atoms with Crippen molar-refractivity contribution in [1.82, 2.24) is 4.57 Å². The van der Waals surface area contributed by atoms with Gasteiger partial charge in [0.05, 0.1) is 0 Å². The molecule has 1 N–H and O–H groups in total. The molecule has 27 heavy (non-hydrogen) atoms. The predicted molar refractivity (Wildman–Crippen MR) is 111 cm³/mol. The zero-order valence-corrected chi connectivity index (χ0v) is 15.0. The van der Waals surface area contributed by atoms with E-state index in [-0.39, 0.29) is 0 Å². The van der Waals surface area contributed by atoms with E-state index in [1.54, 1.807) is 0 Å². The fraction of sp³-hybridized carbons (Fsp3) is 0.130. The number of hydrogen-bond donors (Lipinski definition) is 1. The van der Waals surface area contributed by atoms with Crippen molar-refractivity contribution >= 4 is 39.6 Å². The summed E-state index contributed by atoms with van der Waals surface area (Å²) in [4.78, 5) is 16.2. The van der Waals surface area contributed by atoms with E-state index in [9.17, 15) is 4.79 Å². The first-order chi connectivity index (χ1) is 13.3. The van der Waals surface area contributed by atoms with Crippen molar-refractivity contribution in [3.05, 3.63) is 77.9 Å². The van der Waals surface area contributed by atoms with Crippen LogP contribution in [0.1, 0.15) is 24.1 Å². The molecule has 1 aliphatic rings. The number of nitrogens with zero attached hydrogens (tertiary/aromatic N) is 2. The summed E-state index contributed by atoms with van der Waals surface area (Å²) in [6.45, 7) is 3.08. The summed E-state index contributed by atoms with van der Waals surface area (Å²) in [5, 5.41) is 5.84. The number of aldehydes is 1. The van der Waals surface area contributed by atoms with E-state index in [1.165, 1.54) is 21.8 Å². The maximum Gasteiger partial charge on any atom is 0.149 e. The Balaban J connectivity index is 1.69. The first-order valence-electron chi connectivity index (χ1n) is 9.20. The van der Waals surface area contributed by atoms with Crippen molar-refractivity contribution < 1.29 is 4.79 Å². The zero-order chi connectivity index (χ0) is 18.4. The van der Waals surface area contributed by atoms with Crippen molar-refractivity contribution in [3.63, 3.8) is 0 Å². The molecular formula is C23H19N3O. The van der Waals surface area contributed by atoms with Crippen molar-refractivity contribution in [1.29, 1.82) is 0 Å². The lowest BCUT2D eigenvalue weighted by molar-refractivity contribution is -0.108. The second-order valence-electron chi connectivity index (χ2n) is 6.76. The first kappa shape index (κ1) is 15.8. The van der Waals surface area contributed by atoms with E-state index < -0.39 is 6.04 Å². The highest BCUT2D eigenvalue weighted by molar-refractivity contribution is 6.15. The van der Waals surface area contributed by atoms with Gasteiger partial charge in [0.25, 0.3) is 0 Å². The third kappa shape index (κ3) is 2.37. The molecule has 3 aromatic carbocycles. The predicted octanol–water partition coefficient (Wildman–Crippen LogP) is 4.93. The molecule has 1 aliphatic heterocycles. The van der Waals surface area contributed by atoms with Crippen molar-refractivity contribution in [2.24, 2.45) is 4.99 Å². The molecule has 0 bridgehead atoms. The molecule has 4 heteroatoms. The van der Waals surface area contributed by atoms with Crippen LogP contribution in [0.3, 0.4) is 0 Å². The molecule has 4 nitrogen and oxygen atoms in total. The van der Waals surface area contributed by atoms with Gasteiger partial charge in [0.1, 0.15) is 18.2 Å². The van der Waals surface area contributed by atoms with Gasteiger partial charge in [0.2, 0.25) is 0 Å². The SMILES string of the molecule is CCn1c2ccccc2c2cc(C3=NC(C=O)c4ccccc4N3)ccc21. The van der Waals surface area contributed by atoms with E-state index >= 15 is 0 Å². The molecule has 1 unspecified atom stereocenters. The molecule has 4 aromatic rings. The third-order valence-corrected chi connectivity index (χ3v) is 5.29. The summed E-state index contributed by atoms with van der Waals surface area (Å²) < 4.78 is 2.33. The second kappa shape index (κ2) is 6.09. The van der Waals surface area contributed by atoms with Gasteiger partial charge in [-0.15, -0.1) is 0 Å². The number of aromatic nitrogens is 1. The number of fused-ring (bicyclic) bond motifs is 4. The molecule has 0 radical (unpaired) electrons. The number of rotatable bonds is 3. The van der Waals surface area contributed by atoms with Crippen LogP contribution in [0.15, 0.2) is 71.7 Å². The van der Waals surface area contributed by atoms with Gasteiger partial charge in [-0.1, -0.05) is 36.4 Å². The fourth-order valence-corrected chi connectivity index (χ4v) is 4.03. The Labute approximate surface area is 157 Å². The molecule has 0 saturated carbocycles. The number of aryl methyl sites for hydroxylation is 1. The van der Waals surface area contributed by atoms with Gasteiger partial charge in [0, 0.05) is 45.2 Å². The average molecular weight is 353 g/mol. The van der Waals surface area contributed by atoms with Crippen LogP contribution in [-0.2, 0) is 11.3 Å². The normalized spacial score (nSPS) is 16.0. The van der Waals surface area contributed by atoms with Crippen molar-refractivity contribution in [3.8, 4) is 0 Å². The Bertz CT molecular complexity index is 1220. The molecular weight excluding hydrogens is 334 g/mol. The Morgan fingerprint density at radius 1 is 1.00 bits per heavy atom. The lowest BCUT2D eigenvalue weighted by Crippen LogP contribution is -2.22. The lowest BCUT2D eigenvalue weighted by Gasteiger charge is -2.22. The van der Waals surface area contributed by atoms with Crippen molar-refractivity contribution in [2.75, 3.05) is 5.32 Å². The largest absolute Gasteiger partial charge is 0.341 e. The van der Waals surface area contributed by atoms with Crippen LogP contribution < -0.4 is 5.32 Å². The van der Waals surface area contributed by atoms with Gasteiger partial charge in [-0.2, -0.15) is 0 Å². The van der Waals surface area contributed by atoms with Gasteiger partial charge in [0.15, 0.2) is 0 Å². The maximum absolute atomic E-state index is 11.6. The monoisotopic (exact) mass is 353 g/mol. The maximum atomic E-state index is 11.6. The Morgan fingerprint density at radius 3 is 2.63 bits per heavy atom. The number of nitrogens with one attached hydrogen (secondary N) is 1. The van der Waals surface area contributed by atoms with Gasteiger partial charge in [-0.05, 0) is 37.3 Å². The minimum absolute atomic E-state index is 0.467. The van der Waals surface area contributed by atoms with Crippen molar-refractivity contribution in [2.45, 2.75) is 19.5 Å². The Kier molecular flexibility index (Phi) is 3.57. The van der Waals surface area contributed by atoms with E-state index in [1.807, 2.05) is 24.3 Å². The first-order valence-corrected chi connectivity index (χ1v) is 9.20. The quantitative estimate of drug-likeness (QED) is 0.531. The summed E-state index contributed by atoms with van der Waals surface area (Å²) in [5.74, 6) is 0.737. The Morgan fingerprint density at radius 2 is 1.78 bits per heavy atom. The van der Waals surface area contributed by atoms with Crippen LogP contribution in [0.25, 0.3) is 21.8 Å². The van der Waals surface area contributed by atoms with Crippen LogP contribution in [0.2, 0.25) is 0 Å². The fourth-order valence-electron chi connectivity index (χ4n) is 4.03. The van der Waals surface area contributed by atoms with Gasteiger partial charge in [-0.3, -0.25) is 4.99 Å². The van der Waals surface area contributed by atoms with Crippen LogP contribution in [0.5, 0.6) is 0 Å². The standard InChI is InChI=1S/C23H19N3O/c1-2-26-21-10-6-4-7-16(21)18-13-15(11-12-22(18)26)23-24-19-9-5-3-8-17(19)20(14-27)25-23/h3-14,20H,2H2,1H3,(H,24,25). The molecule has 2 heterocycles. The number of amidine groups is 1. The van der Waals surface area contributed by atoms with E-state index in [2.05, 4.69) is 64.3 Å². The smallest absolute Gasteiger partial charge is 0.149 e. The molecule has 5 rings (SSSR count). The number of anilines is 1. The summed E-state index contributed by atoms with van der Waals surface area (Å²) in [6.07, 6.45) is 0.904. The zero-order valence-electron chi connectivity index (χ0n) is 15.0. The molecule has 0 aliphatic carbocycles. The number of aliphatic imine (C=N–C) groups is 1. The molecule has 0 amide bonds. The molecule has 1 aromatic heterocycles. The highest BCUT2D eigenvalue weighted by Gasteiger charge is 2.21. The minimum Gasteiger partial charge on any atom is -0.341 e. The lowest BCUT2D eigenvalue weighted by atomic mass is 10.0. The third-order valence-electron chi connectivity index (χ3n) is 5.29. The van der Waals surface area contributed by atoms with E-state index in [0.29, 0.717) is 0 Å². The second-order valence-corrected chi connectivity index (χ2v) is 6.76. The summed E-state index contributed by atoms with van der Waals surface area (Å²) in [5.41, 5.74) is 5.30.